The summed E-state index contributed by atoms with van der Waals surface area (Å²) in [5.41, 5.74) is 1.68. The third-order valence-electron chi connectivity index (χ3n) is 7.19. The Bertz CT molecular complexity index is 1280. The van der Waals surface area contributed by atoms with Crippen molar-refractivity contribution in [3.8, 4) is 11.1 Å². The fraction of sp³-hybridized carbons (Fsp3) is 0.375. The van der Waals surface area contributed by atoms with Crippen LogP contribution < -0.4 is 4.90 Å². The summed E-state index contributed by atoms with van der Waals surface area (Å²) < 4.78 is 22.1. The number of amides is 1. The molecule has 1 unspecified atom stereocenters. The summed E-state index contributed by atoms with van der Waals surface area (Å²) in [6.07, 6.45) is 3.97. The van der Waals surface area contributed by atoms with Crippen molar-refractivity contribution in [3.05, 3.63) is 71.9 Å². The Morgan fingerprint density at radius 1 is 1.24 bits per heavy atom. The fourth-order valence-electron chi connectivity index (χ4n) is 5.47. The quantitative estimate of drug-likeness (QED) is 0.546. The van der Waals surface area contributed by atoms with Gasteiger partial charge in [0.1, 0.15) is 17.6 Å². The lowest BCUT2D eigenvalue weighted by molar-refractivity contribution is 0.129. The molecule has 1 aliphatic carbocycles. The van der Waals surface area contributed by atoms with Gasteiger partial charge in [0.2, 0.25) is 0 Å². The van der Waals surface area contributed by atoms with Gasteiger partial charge in [-0.05, 0) is 31.3 Å². The number of ether oxygens (including phenoxy) is 1. The minimum atomic E-state index is -0.535. The summed E-state index contributed by atoms with van der Waals surface area (Å²) in [5.74, 6) is 0.181. The normalized spacial score (nSPS) is 28.0. The third-order valence-corrected chi connectivity index (χ3v) is 7.19. The molecule has 6 rings (SSSR count). The molecule has 0 radical (unpaired) electrons. The molecule has 10 heteroatoms. The lowest BCUT2D eigenvalue weighted by Gasteiger charge is -2.16. The first-order valence-corrected chi connectivity index (χ1v) is 11.2. The minimum absolute atomic E-state index is 0.296. The Balaban J connectivity index is 1.19. The number of cyclic esters (lactones) is 1. The first-order valence-electron chi connectivity index (χ1n) is 11.2. The van der Waals surface area contributed by atoms with Crippen LogP contribution in [0, 0.1) is 24.2 Å². The van der Waals surface area contributed by atoms with Crippen molar-refractivity contribution >= 4 is 11.8 Å². The molecule has 172 valence electrons. The molecule has 34 heavy (non-hydrogen) atoms. The van der Waals surface area contributed by atoms with Crippen LogP contribution in [0.1, 0.15) is 5.69 Å². The number of rotatable bonds is 5. The number of piperidine rings is 1. The summed E-state index contributed by atoms with van der Waals surface area (Å²) in [7, 11) is 2.07. The summed E-state index contributed by atoms with van der Waals surface area (Å²) >= 11 is 0. The molecule has 3 aliphatic rings. The Morgan fingerprint density at radius 2 is 2.06 bits per heavy atom. The average Bonchev–Trinajstić information content (AvgIpc) is 3.31. The van der Waals surface area contributed by atoms with Gasteiger partial charge >= 0.3 is 6.09 Å². The molecule has 1 aromatic carbocycles. The Morgan fingerprint density at radius 3 is 2.71 bits per heavy atom. The predicted octanol–water partition coefficient (Wildman–Crippen LogP) is 2.81. The van der Waals surface area contributed by atoms with E-state index in [2.05, 4.69) is 32.1 Å². The van der Waals surface area contributed by atoms with Gasteiger partial charge in [0.05, 0.1) is 36.8 Å². The van der Waals surface area contributed by atoms with E-state index < -0.39 is 23.6 Å². The standard InChI is InChI=1S/C24H22FN7O2/c1-26-24(19-13-30(2)14-20(19)24)22-6-3-15(10-27-22)18-5-4-16(9-21(18)25)32-12-17(34-23(32)33)11-31-8-7-28-29-31/h3-10,17,19-20H,11-14H2,2H3/t17-,19-,20+,24?/m0/s1. The second-order valence-corrected chi connectivity index (χ2v) is 9.21. The smallest absolute Gasteiger partial charge is 0.414 e. The van der Waals surface area contributed by atoms with Crippen LogP contribution >= 0.6 is 0 Å². The van der Waals surface area contributed by atoms with Crippen LogP contribution in [0.3, 0.4) is 0 Å². The summed E-state index contributed by atoms with van der Waals surface area (Å²) in [6.45, 7) is 10.3. The van der Waals surface area contributed by atoms with E-state index in [1.807, 2.05) is 12.1 Å². The number of carbonyl (C=O) groups is 1. The molecular weight excluding hydrogens is 437 g/mol. The first-order chi connectivity index (χ1) is 16.5. The van der Waals surface area contributed by atoms with Gasteiger partial charge in [-0.3, -0.25) is 9.88 Å². The van der Waals surface area contributed by atoms with Crippen molar-refractivity contribution in [2.24, 2.45) is 11.8 Å². The monoisotopic (exact) mass is 459 g/mol. The van der Waals surface area contributed by atoms with E-state index in [4.69, 9.17) is 11.3 Å². The summed E-state index contributed by atoms with van der Waals surface area (Å²) in [4.78, 5) is 24.5. The molecule has 2 aliphatic heterocycles. The van der Waals surface area contributed by atoms with Gasteiger partial charge in [-0.25, -0.2) is 20.4 Å². The van der Waals surface area contributed by atoms with Crippen LogP contribution in [-0.4, -0.2) is 63.8 Å². The van der Waals surface area contributed by atoms with Crippen molar-refractivity contribution in [2.75, 3.05) is 31.6 Å². The molecule has 4 atom stereocenters. The molecule has 4 heterocycles. The van der Waals surface area contributed by atoms with Crippen molar-refractivity contribution in [1.29, 1.82) is 0 Å². The number of hydrogen-bond acceptors (Lipinski definition) is 6. The van der Waals surface area contributed by atoms with E-state index in [9.17, 15) is 4.79 Å². The molecule has 0 spiro atoms. The molecular formula is C24H22FN7O2. The van der Waals surface area contributed by atoms with Crippen LogP contribution in [0.4, 0.5) is 14.9 Å². The number of fused-ring (bicyclic) bond motifs is 1. The maximum atomic E-state index is 15.1. The molecule has 1 saturated carbocycles. The van der Waals surface area contributed by atoms with Gasteiger partial charge in [-0.2, -0.15) is 0 Å². The van der Waals surface area contributed by atoms with Gasteiger partial charge < -0.3 is 14.5 Å². The number of carbonyl (C=O) groups excluding carboxylic acids is 1. The third kappa shape index (κ3) is 3.15. The van der Waals surface area contributed by atoms with E-state index in [1.165, 1.54) is 11.0 Å². The highest BCUT2D eigenvalue weighted by atomic mass is 19.1. The number of hydrogen-bond donors (Lipinski definition) is 0. The lowest BCUT2D eigenvalue weighted by Crippen LogP contribution is -2.26. The van der Waals surface area contributed by atoms with Crippen molar-refractivity contribution in [1.82, 2.24) is 24.9 Å². The molecule has 3 fully saturated rings. The lowest BCUT2D eigenvalue weighted by atomic mass is 10.0. The van der Waals surface area contributed by atoms with E-state index in [0.717, 1.165) is 18.8 Å². The Labute approximate surface area is 195 Å². The predicted molar refractivity (Wildman–Crippen MR) is 120 cm³/mol. The Kier molecular flexibility index (Phi) is 4.64. The minimum Gasteiger partial charge on any atom is -0.442 e. The van der Waals surface area contributed by atoms with E-state index in [0.29, 0.717) is 41.7 Å². The number of nitrogens with zero attached hydrogens (tertiary/aromatic N) is 7. The molecule has 2 aromatic heterocycles. The number of anilines is 1. The van der Waals surface area contributed by atoms with E-state index >= 15 is 4.39 Å². The maximum Gasteiger partial charge on any atom is 0.414 e. The molecule has 1 amide bonds. The second kappa shape index (κ2) is 7.60. The highest BCUT2D eigenvalue weighted by Crippen LogP contribution is 2.63. The Hall–Kier alpha value is -3.84. The topological polar surface area (TPSA) is 80.7 Å². The van der Waals surface area contributed by atoms with Crippen LogP contribution in [-0.2, 0) is 16.8 Å². The average molecular weight is 459 g/mol. The van der Waals surface area contributed by atoms with Gasteiger partial charge in [0, 0.05) is 36.6 Å². The van der Waals surface area contributed by atoms with Gasteiger partial charge in [-0.1, -0.05) is 11.3 Å². The van der Waals surface area contributed by atoms with Crippen LogP contribution in [0.15, 0.2) is 48.9 Å². The van der Waals surface area contributed by atoms with Crippen LogP contribution in [0.2, 0.25) is 0 Å². The molecule has 9 nitrogen and oxygen atoms in total. The highest BCUT2D eigenvalue weighted by Gasteiger charge is 2.77. The molecule has 0 N–H and O–H groups in total. The number of aromatic nitrogens is 4. The number of halogens is 1. The van der Waals surface area contributed by atoms with Crippen molar-refractivity contribution in [2.45, 2.75) is 18.2 Å². The highest BCUT2D eigenvalue weighted by molar-refractivity contribution is 5.90. The number of benzene rings is 1. The second-order valence-electron chi connectivity index (χ2n) is 9.21. The molecule has 3 aromatic rings. The van der Waals surface area contributed by atoms with Gasteiger partial charge in [0.25, 0.3) is 5.54 Å². The van der Waals surface area contributed by atoms with Crippen molar-refractivity contribution < 1.29 is 13.9 Å². The fourth-order valence-corrected chi connectivity index (χ4v) is 5.47. The van der Waals surface area contributed by atoms with E-state index in [1.54, 1.807) is 35.4 Å². The first kappa shape index (κ1) is 20.7. The number of likely N-dealkylation sites (tertiary alicyclic amines) is 1. The zero-order valence-electron chi connectivity index (χ0n) is 18.5. The summed E-state index contributed by atoms with van der Waals surface area (Å²) in [6, 6.07) is 8.36. The van der Waals surface area contributed by atoms with Crippen molar-refractivity contribution in [3.63, 3.8) is 0 Å². The number of pyridine rings is 1. The largest absolute Gasteiger partial charge is 0.442 e. The summed E-state index contributed by atoms with van der Waals surface area (Å²) in [5, 5.41) is 7.63. The van der Waals surface area contributed by atoms with Gasteiger partial charge in [-0.15, -0.1) is 5.10 Å². The zero-order chi connectivity index (χ0) is 23.4. The SMILES string of the molecule is [C-]#[N+]C1(c2ccc(-c3ccc(N4C[C@H](Cn5ccnn5)OC4=O)cc3F)cn2)[C@@H]2CN(C)C[C@@H]21. The molecule has 0 bridgehead atoms. The zero-order valence-corrected chi connectivity index (χ0v) is 18.5. The molecule has 2 saturated heterocycles. The van der Waals surface area contributed by atoms with Crippen LogP contribution in [0.25, 0.3) is 16.0 Å². The van der Waals surface area contributed by atoms with Gasteiger partial charge in [0.15, 0.2) is 0 Å². The van der Waals surface area contributed by atoms with E-state index in [-0.39, 0.29) is 0 Å². The van der Waals surface area contributed by atoms with Crippen LogP contribution in [0.5, 0.6) is 0 Å². The maximum absolute atomic E-state index is 15.1.